The average molecular weight is 291 g/mol. The Bertz CT molecular complexity index is 473. The van der Waals surface area contributed by atoms with Crippen LogP contribution in [0.2, 0.25) is 0 Å². The number of methoxy groups -OCH3 is 1. The number of nitrogens with two attached hydrogens (primary N) is 1. The van der Waals surface area contributed by atoms with Gasteiger partial charge in [0.1, 0.15) is 6.10 Å². The molecule has 1 heterocycles. The summed E-state index contributed by atoms with van der Waals surface area (Å²) in [6.45, 7) is 2.23. The first-order valence-electron chi connectivity index (χ1n) is 7.91. The monoisotopic (exact) mass is 291 g/mol. The Morgan fingerprint density at radius 2 is 2.05 bits per heavy atom. The number of ether oxygens (including phenoxy) is 3. The minimum absolute atomic E-state index is 0.0837. The van der Waals surface area contributed by atoms with Crippen LogP contribution in [0.5, 0.6) is 11.5 Å². The lowest BCUT2D eigenvalue weighted by Gasteiger charge is -2.42. The predicted octanol–water partition coefficient (Wildman–Crippen LogP) is 2.63. The minimum Gasteiger partial charge on any atom is -0.493 e. The second-order valence-electron chi connectivity index (χ2n) is 6.10. The minimum atomic E-state index is 0.0837. The highest BCUT2D eigenvalue weighted by Crippen LogP contribution is 2.49. The molecule has 0 unspecified atom stereocenters. The van der Waals surface area contributed by atoms with Crippen LogP contribution in [0.25, 0.3) is 0 Å². The Morgan fingerprint density at radius 1 is 1.29 bits per heavy atom. The summed E-state index contributed by atoms with van der Waals surface area (Å²) in [4.78, 5) is 0. The van der Waals surface area contributed by atoms with Gasteiger partial charge >= 0.3 is 0 Å². The summed E-state index contributed by atoms with van der Waals surface area (Å²) in [6, 6.07) is 6.20. The molecule has 0 aromatic heterocycles. The van der Waals surface area contributed by atoms with E-state index in [0.717, 1.165) is 50.4 Å². The maximum atomic E-state index is 6.18. The Balaban J connectivity index is 1.86. The van der Waals surface area contributed by atoms with E-state index < -0.39 is 0 Å². The summed E-state index contributed by atoms with van der Waals surface area (Å²) in [6.07, 6.45) is 5.62. The molecule has 0 spiro atoms. The Hall–Kier alpha value is -1.26. The first-order valence-corrected chi connectivity index (χ1v) is 7.91. The summed E-state index contributed by atoms with van der Waals surface area (Å²) < 4.78 is 17.3. The molecule has 21 heavy (non-hydrogen) atoms. The Labute approximate surface area is 126 Å². The van der Waals surface area contributed by atoms with Crippen LogP contribution in [-0.4, -0.2) is 33.0 Å². The van der Waals surface area contributed by atoms with Crippen LogP contribution in [-0.2, 0) is 10.2 Å². The molecule has 1 saturated heterocycles. The first kappa shape index (κ1) is 14.7. The van der Waals surface area contributed by atoms with Crippen molar-refractivity contribution in [3.05, 3.63) is 23.8 Å². The van der Waals surface area contributed by atoms with E-state index in [9.17, 15) is 0 Å². The van der Waals surface area contributed by atoms with Gasteiger partial charge in [0.2, 0.25) is 0 Å². The molecule has 1 aromatic rings. The molecule has 1 aliphatic heterocycles. The third kappa shape index (κ3) is 2.74. The lowest BCUT2D eigenvalue weighted by molar-refractivity contribution is 0.0243. The number of benzene rings is 1. The van der Waals surface area contributed by atoms with Gasteiger partial charge in [0, 0.05) is 30.4 Å². The van der Waals surface area contributed by atoms with E-state index in [2.05, 4.69) is 12.1 Å². The SMILES string of the molecule is COc1c(OC2CCOCC2)cccc1C1(CN)CCC1. The van der Waals surface area contributed by atoms with Gasteiger partial charge in [-0.05, 0) is 18.9 Å². The van der Waals surface area contributed by atoms with Gasteiger partial charge < -0.3 is 19.9 Å². The van der Waals surface area contributed by atoms with Crippen molar-refractivity contribution in [1.82, 2.24) is 0 Å². The highest BCUT2D eigenvalue weighted by atomic mass is 16.5. The molecule has 0 atom stereocenters. The fourth-order valence-corrected chi connectivity index (χ4v) is 3.40. The molecule has 1 saturated carbocycles. The molecule has 2 aliphatic rings. The molecule has 2 N–H and O–H groups in total. The van der Waals surface area contributed by atoms with Crippen LogP contribution >= 0.6 is 0 Å². The van der Waals surface area contributed by atoms with Gasteiger partial charge in [-0.25, -0.2) is 0 Å². The fourth-order valence-electron chi connectivity index (χ4n) is 3.40. The van der Waals surface area contributed by atoms with Gasteiger partial charge in [0.15, 0.2) is 11.5 Å². The van der Waals surface area contributed by atoms with Crippen LogP contribution in [0, 0.1) is 0 Å². The first-order chi connectivity index (χ1) is 10.3. The average Bonchev–Trinajstić information content (AvgIpc) is 2.48. The standard InChI is InChI=1S/C17H25NO3/c1-19-16-14(17(12-18)8-3-9-17)4-2-5-15(16)21-13-6-10-20-11-7-13/h2,4-5,13H,3,6-12,18H2,1H3. The van der Waals surface area contributed by atoms with E-state index in [1.165, 1.54) is 12.0 Å². The highest BCUT2D eigenvalue weighted by molar-refractivity contribution is 5.51. The summed E-state index contributed by atoms with van der Waals surface area (Å²) in [5.41, 5.74) is 7.34. The fraction of sp³-hybridized carbons (Fsp3) is 0.647. The van der Waals surface area contributed by atoms with Crippen molar-refractivity contribution in [1.29, 1.82) is 0 Å². The Morgan fingerprint density at radius 3 is 2.62 bits per heavy atom. The van der Waals surface area contributed by atoms with Crippen molar-refractivity contribution >= 4 is 0 Å². The molecule has 1 aliphatic carbocycles. The van der Waals surface area contributed by atoms with E-state index in [-0.39, 0.29) is 11.5 Å². The van der Waals surface area contributed by atoms with E-state index in [1.54, 1.807) is 7.11 Å². The van der Waals surface area contributed by atoms with Crippen LogP contribution in [0.1, 0.15) is 37.7 Å². The normalized spacial score (nSPS) is 21.6. The van der Waals surface area contributed by atoms with Crippen LogP contribution in [0.4, 0.5) is 0 Å². The van der Waals surface area contributed by atoms with Gasteiger partial charge in [-0.2, -0.15) is 0 Å². The lowest BCUT2D eigenvalue weighted by atomic mass is 9.64. The van der Waals surface area contributed by atoms with Gasteiger partial charge in [-0.3, -0.25) is 0 Å². The maximum absolute atomic E-state index is 6.18. The van der Waals surface area contributed by atoms with Crippen LogP contribution in [0.15, 0.2) is 18.2 Å². The van der Waals surface area contributed by atoms with Gasteiger partial charge in [-0.15, -0.1) is 0 Å². The Kier molecular flexibility index (Phi) is 4.36. The van der Waals surface area contributed by atoms with E-state index in [0.29, 0.717) is 6.54 Å². The molecule has 4 heteroatoms. The predicted molar refractivity (Wildman–Crippen MR) is 82.0 cm³/mol. The van der Waals surface area contributed by atoms with Crippen molar-refractivity contribution in [2.75, 3.05) is 26.9 Å². The molecule has 4 nitrogen and oxygen atoms in total. The second kappa shape index (κ2) is 6.24. The summed E-state index contributed by atoms with van der Waals surface area (Å²) >= 11 is 0. The molecule has 0 amide bonds. The number of hydrogen-bond donors (Lipinski definition) is 1. The van der Waals surface area contributed by atoms with Crippen molar-refractivity contribution in [2.24, 2.45) is 5.73 Å². The molecule has 1 aromatic carbocycles. The van der Waals surface area contributed by atoms with Crippen molar-refractivity contribution in [3.63, 3.8) is 0 Å². The second-order valence-corrected chi connectivity index (χ2v) is 6.10. The van der Waals surface area contributed by atoms with Crippen LogP contribution in [0.3, 0.4) is 0 Å². The smallest absolute Gasteiger partial charge is 0.164 e. The third-order valence-corrected chi connectivity index (χ3v) is 4.92. The molecule has 116 valence electrons. The molecule has 0 bridgehead atoms. The zero-order valence-electron chi connectivity index (χ0n) is 12.8. The number of para-hydroxylation sites is 1. The summed E-state index contributed by atoms with van der Waals surface area (Å²) in [5.74, 6) is 1.72. The lowest BCUT2D eigenvalue weighted by Crippen LogP contribution is -2.41. The summed E-state index contributed by atoms with van der Waals surface area (Å²) in [7, 11) is 1.72. The van der Waals surface area contributed by atoms with Crippen molar-refractivity contribution in [2.45, 2.75) is 43.6 Å². The van der Waals surface area contributed by atoms with E-state index >= 15 is 0 Å². The van der Waals surface area contributed by atoms with Crippen LogP contribution < -0.4 is 15.2 Å². The molecule has 0 radical (unpaired) electrons. The topological polar surface area (TPSA) is 53.7 Å². The van der Waals surface area contributed by atoms with E-state index in [1.807, 2.05) is 6.07 Å². The van der Waals surface area contributed by atoms with Gasteiger partial charge in [0.05, 0.1) is 20.3 Å². The number of hydrogen-bond acceptors (Lipinski definition) is 4. The third-order valence-electron chi connectivity index (χ3n) is 4.92. The zero-order valence-corrected chi connectivity index (χ0v) is 12.8. The molecule has 2 fully saturated rings. The maximum Gasteiger partial charge on any atom is 0.164 e. The summed E-state index contributed by atoms with van der Waals surface area (Å²) in [5, 5.41) is 0. The van der Waals surface area contributed by atoms with E-state index in [4.69, 9.17) is 19.9 Å². The van der Waals surface area contributed by atoms with Crippen molar-refractivity contribution in [3.8, 4) is 11.5 Å². The quantitative estimate of drug-likeness (QED) is 0.906. The largest absolute Gasteiger partial charge is 0.493 e. The molecular weight excluding hydrogens is 266 g/mol. The molecular formula is C17H25NO3. The number of rotatable bonds is 5. The zero-order chi connectivity index (χ0) is 14.7. The van der Waals surface area contributed by atoms with Gasteiger partial charge in [0.25, 0.3) is 0 Å². The highest BCUT2D eigenvalue weighted by Gasteiger charge is 2.40. The van der Waals surface area contributed by atoms with Gasteiger partial charge in [-0.1, -0.05) is 18.6 Å². The molecule has 3 rings (SSSR count). The van der Waals surface area contributed by atoms with Crippen molar-refractivity contribution < 1.29 is 14.2 Å².